The number of carbonyl (C=O) groups is 1. The molecule has 1 unspecified atom stereocenters. The zero-order chi connectivity index (χ0) is 17.6. The molecule has 1 atom stereocenters. The normalized spacial score (nSPS) is 13.1. The molecule has 6 nitrogen and oxygen atoms in total. The highest BCUT2D eigenvalue weighted by molar-refractivity contribution is 7.89. The number of aryl methyl sites for hydroxylation is 1. The van der Waals surface area contributed by atoms with Crippen molar-refractivity contribution in [1.82, 2.24) is 9.62 Å². The molecule has 0 bridgehead atoms. The number of sulfonamides is 1. The Morgan fingerprint density at radius 2 is 1.91 bits per heavy atom. The molecule has 7 heteroatoms. The molecule has 0 aromatic heterocycles. The third-order valence-corrected chi connectivity index (χ3v) is 5.73. The average molecular weight is 341 g/mol. The van der Waals surface area contributed by atoms with Crippen LogP contribution in [-0.2, 0) is 10.0 Å². The summed E-state index contributed by atoms with van der Waals surface area (Å²) in [5.41, 5.74) is 6.77. The fraction of sp³-hybridized carbons (Fsp3) is 0.562. The van der Waals surface area contributed by atoms with Gasteiger partial charge in [0.25, 0.3) is 5.91 Å². The second-order valence-corrected chi connectivity index (χ2v) is 7.53. The number of carbonyl (C=O) groups excluding carboxylic acids is 1. The lowest BCUT2D eigenvalue weighted by atomic mass is 10.1. The average Bonchev–Trinajstić information content (AvgIpc) is 2.47. The molecule has 1 rings (SSSR count). The minimum Gasteiger partial charge on any atom is -0.352 e. The van der Waals surface area contributed by atoms with Gasteiger partial charge in [-0.15, -0.1) is 0 Å². The van der Waals surface area contributed by atoms with E-state index in [1.165, 1.54) is 10.4 Å². The zero-order valence-corrected chi connectivity index (χ0v) is 15.1. The topological polar surface area (TPSA) is 92.5 Å². The number of nitrogens with two attached hydrogens (primary N) is 1. The summed E-state index contributed by atoms with van der Waals surface area (Å²) in [6.07, 6.45) is 0.669. The van der Waals surface area contributed by atoms with Gasteiger partial charge in [-0.2, -0.15) is 4.31 Å². The van der Waals surface area contributed by atoms with Gasteiger partial charge >= 0.3 is 0 Å². The molecule has 0 aliphatic heterocycles. The van der Waals surface area contributed by atoms with Crippen LogP contribution < -0.4 is 11.1 Å². The molecule has 1 amide bonds. The molecule has 0 radical (unpaired) electrons. The predicted octanol–water partition coefficient (Wildman–Crippen LogP) is 1.49. The minimum absolute atomic E-state index is 0.00535. The van der Waals surface area contributed by atoms with Crippen LogP contribution in [0.4, 0.5) is 0 Å². The quantitative estimate of drug-likeness (QED) is 0.749. The first-order valence-corrected chi connectivity index (χ1v) is 9.32. The SMILES string of the molecule is CCN(CC)S(=O)(=O)c1ccc(C)c(C(=O)NCCC(C)N)c1. The van der Waals surface area contributed by atoms with Crippen molar-refractivity contribution >= 4 is 15.9 Å². The van der Waals surface area contributed by atoms with Crippen molar-refractivity contribution in [1.29, 1.82) is 0 Å². The predicted molar refractivity (Wildman–Crippen MR) is 91.9 cm³/mol. The molecular weight excluding hydrogens is 314 g/mol. The smallest absolute Gasteiger partial charge is 0.251 e. The van der Waals surface area contributed by atoms with Crippen LogP contribution in [0.3, 0.4) is 0 Å². The number of hydrogen-bond donors (Lipinski definition) is 2. The van der Waals surface area contributed by atoms with E-state index >= 15 is 0 Å². The summed E-state index contributed by atoms with van der Waals surface area (Å²) in [6.45, 7) is 8.48. The Kier molecular flexibility index (Phi) is 7.18. The van der Waals surface area contributed by atoms with Crippen molar-refractivity contribution in [2.24, 2.45) is 5.73 Å². The maximum atomic E-state index is 12.6. The van der Waals surface area contributed by atoms with Crippen molar-refractivity contribution in [3.05, 3.63) is 29.3 Å². The molecule has 0 heterocycles. The van der Waals surface area contributed by atoms with Crippen LogP contribution >= 0.6 is 0 Å². The van der Waals surface area contributed by atoms with E-state index in [0.29, 0.717) is 31.6 Å². The van der Waals surface area contributed by atoms with Crippen LogP contribution in [0.1, 0.15) is 43.1 Å². The van der Waals surface area contributed by atoms with Crippen LogP contribution in [0.15, 0.2) is 23.1 Å². The highest BCUT2D eigenvalue weighted by Gasteiger charge is 2.23. The molecule has 1 aromatic carbocycles. The highest BCUT2D eigenvalue weighted by atomic mass is 32.2. The number of nitrogens with zero attached hydrogens (tertiary/aromatic N) is 1. The van der Waals surface area contributed by atoms with E-state index in [0.717, 1.165) is 5.56 Å². The Morgan fingerprint density at radius 3 is 2.43 bits per heavy atom. The summed E-state index contributed by atoms with van der Waals surface area (Å²) in [4.78, 5) is 12.4. The standard InChI is InChI=1S/C16H27N3O3S/c1-5-19(6-2)23(21,22)14-8-7-12(3)15(11-14)16(20)18-10-9-13(4)17/h7-8,11,13H,5-6,9-10,17H2,1-4H3,(H,18,20). The van der Waals surface area contributed by atoms with Crippen molar-refractivity contribution in [2.75, 3.05) is 19.6 Å². The highest BCUT2D eigenvalue weighted by Crippen LogP contribution is 2.19. The van der Waals surface area contributed by atoms with Gasteiger partial charge in [0.2, 0.25) is 10.0 Å². The van der Waals surface area contributed by atoms with E-state index in [9.17, 15) is 13.2 Å². The summed E-state index contributed by atoms with van der Waals surface area (Å²) in [5.74, 6) is -0.278. The maximum Gasteiger partial charge on any atom is 0.251 e. The number of rotatable bonds is 8. The molecule has 23 heavy (non-hydrogen) atoms. The van der Waals surface area contributed by atoms with Crippen LogP contribution in [-0.4, -0.2) is 44.3 Å². The van der Waals surface area contributed by atoms with Gasteiger partial charge in [-0.05, 0) is 38.0 Å². The summed E-state index contributed by atoms with van der Waals surface area (Å²) in [5, 5.41) is 2.78. The Balaban J connectivity index is 3.06. The van der Waals surface area contributed by atoms with Gasteiger partial charge in [0.1, 0.15) is 0 Å². The van der Waals surface area contributed by atoms with Crippen LogP contribution in [0.5, 0.6) is 0 Å². The van der Waals surface area contributed by atoms with Gasteiger partial charge in [0.15, 0.2) is 0 Å². The van der Waals surface area contributed by atoms with Crippen molar-refractivity contribution < 1.29 is 13.2 Å². The first-order chi connectivity index (χ1) is 10.7. The lowest BCUT2D eigenvalue weighted by Crippen LogP contribution is -2.32. The van der Waals surface area contributed by atoms with Crippen molar-refractivity contribution in [3.8, 4) is 0 Å². The second kappa shape index (κ2) is 8.42. The van der Waals surface area contributed by atoms with Crippen molar-refractivity contribution in [3.63, 3.8) is 0 Å². The monoisotopic (exact) mass is 341 g/mol. The molecular formula is C16H27N3O3S. The van der Waals surface area contributed by atoms with E-state index in [1.807, 2.05) is 6.92 Å². The van der Waals surface area contributed by atoms with Gasteiger partial charge in [-0.3, -0.25) is 4.79 Å². The van der Waals surface area contributed by atoms with Gasteiger partial charge < -0.3 is 11.1 Å². The first-order valence-electron chi connectivity index (χ1n) is 7.88. The Morgan fingerprint density at radius 1 is 1.30 bits per heavy atom. The second-order valence-electron chi connectivity index (χ2n) is 5.59. The lowest BCUT2D eigenvalue weighted by Gasteiger charge is -2.19. The Labute approximate surface area is 139 Å². The third kappa shape index (κ3) is 5.02. The van der Waals surface area contributed by atoms with Crippen molar-refractivity contribution in [2.45, 2.75) is 45.1 Å². The largest absolute Gasteiger partial charge is 0.352 e. The lowest BCUT2D eigenvalue weighted by molar-refractivity contribution is 0.0952. The molecule has 0 aliphatic carbocycles. The Hall–Kier alpha value is -1.44. The van der Waals surface area contributed by atoms with E-state index < -0.39 is 10.0 Å². The maximum absolute atomic E-state index is 12.6. The van der Waals surface area contributed by atoms with E-state index in [4.69, 9.17) is 5.73 Å². The van der Waals surface area contributed by atoms with Gasteiger partial charge in [-0.1, -0.05) is 19.9 Å². The first kappa shape index (κ1) is 19.6. The van der Waals surface area contributed by atoms with Crippen LogP contribution in [0, 0.1) is 6.92 Å². The molecule has 0 spiro atoms. The van der Waals surface area contributed by atoms with Crippen LogP contribution in [0.2, 0.25) is 0 Å². The molecule has 3 N–H and O–H groups in total. The third-order valence-electron chi connectivity index (χ3n) is 3.68. The van der Waals surface area contributed by atoms with Gasteiger partial charge in [-0.25, -0.2) is 8.42 Å². The summed E-state index contributed by atoms with van der Waals surface area (Å²) >= 11 is 0. The molecule has 0 saturated carbocycles. The summed E-state index contributed by atoms with van der Waals surface area (Å²) in [6, 6.07) is 4.66. The number of amides is 1. The van der Waals surface area contributed by atoms with E-state index in [2.05, 4.69) is 5.32 Å². The van der Waals surface area contributed by atoms with E-state index in [-0.39, 0.29) is 16.8 Å². The molecule has 130 valence electrons. The summed E-state index contributed by atoms with van der Waals surface area (Å²) < 4.78 is 26.5. The molecule has 0 saturated heterocycles. The summed E-state index contributed by atoms with van der Waals surface area (Å²) in [7, 11) is -3.57. The minimum atomic E-state index is -3.57. The van der Waals surface area contributed by atoms with Crippen LogP contribution in [0.25, 0.3) is 0 Å². The fourth-order valence-electron chi connectivity index (χ4n) is 2.23. The van der Waals surface area contributed by atoms with E-state index in [1.54, 1.807) is 32.9 Å². The number of hydrogen-bond acceptors (Lipinski definition) is 4. The number of nitrogens with one attached hydrogen (secondary N) is 1. The fourth-order valence-corrected chi connectivity index (χ4v) is 3.71. The molecule has 0 fully saturated rings. The molecule has 1 aromatic rings. The van der Waals surface area contributed by atoms with Gasteiger partial charge in [0.05, 0.1) is 4.90 Å². The zero-order valence-electron chi connectivity index (χ0n) is 14.3. The molecule has 0 aliphatic rings. The Bertz CT molecular complexity index is 638. The van der Waals surface area contributed by atoms with Gasteiger partial charge in [0, 0.05) is 31.2 Å². The number of benzene rings is 1.